The van der Waals surface area contributed by atoms with Crippen LogP contribution in [0.4, 0.5) is 14.9 Å². The van der Waals surface area contributed by atoms with Crippen LogP contribution in [0.5, 0.6) is 0 Å². The summed E-state index contributed by atoms with van der Waals surface area (Å²) in [7, 11) is 0. The number of benzene rings is 2. The van der Waals surface area contributed by atoms with Crippen molar-refractivity contribution in [2.24, 2.45) is 5.92 Å². The minimum atomic E-state index is -0.404. The van der Waals surface area contributed by atoms with E-state index in [4.69, 9.17) is 11.6 Å². The molecule has 0 saturated carbocycles. The van der Waals surface area contributed by atoms with Gasteiger partial charge in [-0.25, -0.2) is 14.1 Å². The number of urea groups is 1. The second kappa shape index (κ2) is 7.26. The van der Waals surface area contributed by atoms with Crippen molar-refractivity contribution in [1.82, 2.24) is 4.90 Å². The van der Waals surface area contributed by atoms with Crippen molar-refractivity contribution in [2.75, 3.05) is 4.90 Å². The number of nitrogens with zero attached hydrogens (tertiary/aromatic N) is 2. The monoisotopic (exact) mass is 416 g/mol. The molecule has 28 heavy (non-hydrogen) atoms. The average Bonchev–Trinajstić information content (AvgIpc) is 2.97. The van der Waals surface area contributed by atoms with Gasteiger partial charge >= 0.3 is 6.03 Å². The summed E-state index contributed by atoms with van der Waals surface area (Å²) in [6, 6.07) is 12.3. The van der Waals surface area contributed by atoms with E-state index in [9.17, 15) is 14.0 Å². The molecule has 2 aliphatic heterocycles. The Labute approximate surface area is 172 Å². The maximum Gasteiger partial charge on any atom is 0.332 e. The summed E-state index contributed by atoms with van der Waals surface area (Å²) in [5.41, 5.74) is 2.28. The summed E-state index contributed by atoms with van der Waals surface area (Å²) in [4.78, 5) is 30.6. The molecule has 0 aromatic heterocycles. The van der Waals surface area contributed by atoms with Crippen LogP contribution >= 0.6 is 23.4 Å². The first kappa shape index (κ1) is 19.0. The number of thioether (sulfide) groups is 1. The lowest BCUT2D eigenvalue weighted by Crippen LogP contribution is -2.59. The molecule has 144 valence electrons. The number of carbonyl (C=O) groups is 2. The number of fused-ring (bicyclic) bond motifs is 1. The van der Waals surface area contributed by atoms with Gasteiger partial charge in [-0.1, -0.05) is 23.7 Å². The number of rotatable bonds is 3. The maximum atomic E-state index is 13.3. The predicted molar refractivity (Wildman–Crippen MR) is 110 cm³/mol. The van der Waals surface area contributed by atoms with E-state index in [1.807, 2.05) is 13.8 Å². The molecular weight excluding hydrogens is 399 g/mol. The summed E-state index contributed by atoms with van der Waals surface area (Å²) >= 11 is 7.50. The van der Waals surface area contributed by atoms with Gasteiger partial charge in [-0.3, -0.25) is 4.79 Å². The molecular formula is C21H18ClFN2O2S. The lowest BCUT2D eigenvalue weighted by Gasteiger charge is -2.42. The summed E-state index contributed by atoms with van der Waals surface area (Å²) in [5.74, 6) is -0.957. The van der Waals surface area contributed by atoms with E-state index in [1.165, 1.54) is 28.8 Å². The van der Waals surface area contributed by atoms with Gasteiger partial charge in [0, 0.05) is 11.6 Å². The Morgan fingerprint density at radius 3 is 2.32 bits per heavy atom. The Balaban J connectivity index is 1.74. The van der Waals surface area contributed by atoms with Crippen LogP contribution < -0.4 is 4.90 Å². The highest BCUT2D eigenvalue weighted by Crippen LogP contribution is 2.47. The van der Waals surface area contributed by atoms with E-state index in [-0.39, 0.29) is 23.1 Å². The largest absolute Gasteiger partial charge is 0.332 e. The molecule has 2 heterocycles. The molecule has 2 aromatic rings. The molecule has 0 bridgehead atoms. The molecule has 0 spiro atoms. The normalized spacial score (nSPS) is 22.1. The molecule has 0 N–H and O–H groups in total. The number of hydrogen-bond donors (Lipinski definition) is 0. The molecule has 3 amide bonds. The fourth-order valence-electron chi connectivity index (χ4n) is 3.57. The zero-order valence-electron chi connectivity index (χ0n) is 15.4. The quantitative estimate of drug-likeness (QED) is 0.669. The van der Waals surface area contributed by atoms with Crippen molar-refractivity contribution in [3.8, 4) is 0 Å². The third-order valence-corrected chi connectivity index (χ3v) is 6.88. The number of hydrogen-bond acceptors (Lipinski definition) is 3. The molecule has 0 radical (unpaired) electrons. The topological polar surface area (TPSA) is 40.6 Å². The molecule has 2 unspecified atom stereocenters. The lowest BCUT2D eigenvalue weighted by atomic mass is 9.95. The Hall–Kier alpha value is -2.31. The molecule has 1 saturated heterocycles. The smallest absolute Gasteiger partial charge is 0.306 e. The van der Waals surface area contributed by atoms with E-state index in [0.717, 1.165) is 16.0 Å². The van der Waals surface area contributed by atoms with Crippen LogP contribution in [0.15, 0.2) is 59.0 Å². The first-order valence-electron chi connectivity index (χ1n) is 8.85. The van der Waals surface area contributed by atoms with Gasteiger partial charge in [0.15, 0.2) is 0 Å². The minimum absolute atomic E-state index is 0.227. The van der Waals surface area contributed by atoms with E-state index in [0.29, 0.717) is 17.3 Å². The summed E-state index contributed by atoms with van der Waals surface area (Å²) < 4.78 is 13.3. The molecule has 7 heteroatoms. The van der Waals surface area contributed by atoms with Gasteiger partial charge in [0.25, 0.3) is 0 Å². The molecule has 2 atom stereocenters. The van der Waals surface area contributed by atoms with Crippen molar-refractivity contribution in [3.05, 3.63) is 75.4 Å². The highest BCUT2D eigenvalue weighted by atomic mass is 35.5. The Morgan fingerprint density at radius 2 is 1.68 bits per heavy atom. The van der Waals surface area contributed by atoms with Crippen LogP contribution in [0, 0.1) is 11.7 Å². The van der Waals surface area contributed by atoms with Crippen LogP contribution in [-0.4, -0.2) is 22.2 Å². The van der Waals surface area contributed by atoms with E-state index in [1.54, 1.807) is 41.3 Å². The van der Waals surface area contributed by atoms with Gasteiger partial charge in [-0.15, -0.1) is 11.8 Å². The number of allylic oxidation sites excluding steroid dienone is 1. The SMILES string of the molecule is CC1=C(C)C2C(=O)N(c3ccc(Cl)cc3)C(=O)N(Cc3ccc(F)cc3)C2S1. The standard InChI is InChI=1S/C21H18ClFN2O2S/c1-12-13(2)28-20-18(12)19(26)25(17-9-5-15(22)6-10-17)21(27)24(20)11-14-3-7-16(23)8-4-14/h3-10,18,20H,11H2,1-2H3. The van der Waals surface area contributed by atoms with Gasteiger partial charge < -0.3 is 4.90 Å². The minimum Gasteiger partial charge on any atom is -0.306 e. The van der Waals surface area contributed by atoms with Crippen LogP contribution in [0.3, 0.4) is 0 Å². The van der Waals surface area contributed by atoms with Gasteiger partial charge in [0.1, 0.15) is 5.82 Å². The molecule has 4 rings (SSSR count). The van der Waals surface area contributed by atoms with Crippen molar-refractivity contribution in [2.45, 2.75) is 25.8 Å². The Morgan fingerprint density at radius 1 is 1.04 bits per heavy atom. The lowest BCUT2D eigenvalue weighted by molar-refractivity contribution is -0.122. The first-order valence-corrected chi connectivity index (χ1v) is 10.1. The molecule has 4 nitrogen and oxygen atoms in total. The highest BCUT2D eigenvalue weighted by Gasteiger charge is 2.51. The maximum absolute atomic E-state index is 13.3. The van der Waals surface area contributed by atoms with Gasteiger partial charge in [0.05, 0.1) is 17.0 Å². The fourth-order valence-corrected chi connectivity index (χ4v) is 5.12. The zero-order valence-corrected chi connectivity index (χ0v) is 16.9. The number of halogens is 2. The first-order chi connectivity index (χ1) is 13.4. The van der Waals surface area contributed by atoms with Crippen LogP contribution in [-0.2, 0) is 11.3 Å². The average molecular weight is 417 g/mol. The van der Waals surface area contributed by atoms with Crippen molar-refractivity contribution in [1.29, 1.82) is 0 Å². The molecule has 1 fully saturated rings. The number of amides is 3. The number of imide groups is 1. The van der Waals surface area contributed by atoms with Gasteiger partial charge in [-0.05, 0) is 66.3 Å². The Kier molecular flexibility index (Phi) is 4.93. The van der Waals surface area contributed by atoms with Crippen molar-refractivity contribution < 1.29 is 14.0 Å². The second-order valence-electron chi connectivity index (χ2n) is 6.91. The predicted octanol–water partition coefficient (Wildman–Crippen LogP) is 5.43. The van der Waals surface area contributed by atoms with Crippen LogP contribution in [0.2, 0.25) is 5.02 Å². The Bertz CT molecular complexity index is 975. The van der Waals surface area contributed by atoms with E-state index >= 15 is 0 Å². The van der Waals surface area contributed by atoms with Crippen molar-refractivity contribution >= 4 is 41.0 Å². The van der Waals surface area contributed by atoms with Crippen LogP contribution in [0.25, 0.3) is 0 Å². The van der Waals surface area contributed by atoms with Crippen LogP contribution in [0.1, 0.15) is 19.4 Å². The van der Waals surface area contributed by atoms with Gasteiger partial charge in [-0.2, -0.15) is 0 Å². The fraction of sp³-hybridized carbons (Fsp3) is 0.238. The third kappa shape index (κ3) is 3.20. The number of carbonyl (C=O) groups excluding carboxylic acids is 2. The van der Waals surface area contributed by atoms with Crippen molar-refractivity contribution in [3.63, 3.8) is 0 Å². The molecule has 0 aliphatic carbocycles. The molecule has 2 aromatic carbocycles. The highest BCUT2D eigenvalue weighted by molar-refractivity contribution is 8.03. The third-order valence-electron chi connectivity index (χ3n) is 5.19. The van der Waals surface area contributed by atoms with E-state index in [2.05, 4.69) is 0 Å². The molecule has 2 aliphatic rings. The summed E-state index contributed by atoms with van der Waals surface area (Å²) in [6.45, 7) is 4.21. The summed E-state index contributed by atoms with van der Waals surface area (Å²) in [5, 5.41) is 0.235. The zero-order chi connectivity index (χ0) is 20.0. The number of anilines is 1. The van der Waals surface area contributed by atoms with E-state index < -0.39 is 5.92 Å². The summed E-state index contributed by atoms with van der Waals surface area (Å²) in [6.07, 6.45) is 0. The van der Waals surface area contributed by atoms with Gasteiger partial charge in [0.2, 0.25) is 5.91 Å². The second-order valence-corrected chi connectivity index (χ2v) is 8.68.